The molecule has 0 N–H and O–H groups in total. The normalized spacial score (nSPS) is 18.2. The highest BCUT2D eigenvalue weighted by molar-refractivity contribution is 5.99. The molecule has 2 heteroatoms. The molecule has 1 saturated carbocycles. The van der Waals surface area contributed by atoms with E-state index in [0.717, 1.165) is 24.8 Å². The van der Waals surface area contributed by atoms with E-state index in [-0.39, 0.29) is 11.9 Å². The van der Waals surface area contributed by atoms with Gasteiger partial charge in [-0.3, -0.25) is 4.79 Å². The average Bonchev–Trinajstić information content (AvgIpc) is 2.49. The lowest BCUT2D eigenvalue weighted by Crippen LogP contribution is -2.33. The number of rotatable bonds is 5. The van der Waals surface area contributed by atoms with Crippen LogP contribution in [0, 0.1) is 5.92 Å². The van der Waals surface area contributed by atoms with Gasteiger partial charge in [0.05, 0.1) is 0 Å². The summed E-state index contributed by atoms with van der Waals surface area (Å²) in [4.78, 5) is 12.6. The molecule has 1 aromatic rings. The molecule has 0 radical (unpaired) electrons. The van der Waals surface area contributed by atoms with Gasteiger partial charge in [0.2, 0.25) is 0 Å². The van der Waals surface area contributed by atoms with Gasteiger partial charge in [0.25, 0.3) is 0 Å². The molecule has 0 heterocycles. The Morgan fingerprint density at radius 2 is 2.05 bits per heavy atom. The third-order valence-corrected chi connectivity index (χ3v) is 4.21. The molecular formula is C17H24O2. The molecule has 0 aliphatic heterocycles. The topological polar surface area (TPSA) is 26.3 Å². The van der Waals surface area contributed by atoms with E-state index >= 15 is 0 Å². The van der Waals surface area contributed by atoms with Gasteiger partial charge in [-0.1, -0.05) is 44.4 Å². The van der Waals surface area contributed by atoms with E-state index < -0.39 is 0 Å². The van der Waals surface area contributed by atoms with Crippen LogP contribution in [0.1, 0.15) is 54.9 Å². The van der Waals surface area contributed by atoms with Gasteiger partial charge >= 0.3 is 0 Å². The van der Waals surface area contributed by atoms with Crippen LogP contribution < -0.4 is 0 Å². The minimum absolute atomic E-state index is 0.157. The van der Waals surface area contributed by atoms with Gasteiger partial charge in [-0.05, 0) is 36.8 Å². The largest absolute Gasteiger partial charge is 0.373 e. The Morgan fingerprint density at radius 1 is 1.32 bits per heavy atom. The number of Topliss-reactive ketones (excluding diaryl/α,β-unsaturated/α-hetero) is 1. The maximum absolute atomic E-state index is 12.6. The van der Waals surface area contributed by atoms with E-state index in [1.165, 1.54) is 24.8 Å². The zero-order valence-corrected chi connectivity index (χ0v) is 12.0. The number of aryl methyl sites for hydroxylation is 1. The fourth-order valence-corrected chi connectivity index (χ4v) is 3.06. The standard InChI is InChI=1S/C17H24O2/c1-3-13-8-7-11-15(12-13)16(18)17(19-2)14-9-5-4-6-10-14/h7-8,11-12,14,17H,3-6,9-10H2,1-2H3. The molecule has 1 unspecified atom stereocenters. The van der Waals surface area contributed by atoms with E-state index in [2.05, 4.69) is 13.0 Å². The van der Waals surface area contributed by atoms with Crippen molar-refractivity contribution < 1.29 is 9.53 Å². The van der Waals surface area contributed by atoms with E-state index in [4.69, 9.17) is 4.74 Å². The maximum atomic E-state index is 12.6. The first-order valence-corrected chi connectivity index (χ1v) is 7.42. The molecule has 0 saturated heterocycles. The minimum atomic E-state index is -0.257. The van der Waals surface area contributed by atoms with E-state index in [9.17, 15) is 4.79 Å². The lowest BCUT2D eigenvalue weighted by Gasteiger charge is -2.28. The number of ketones is 1. The number of carbonyl (C=O) groups is 1. The second-order valence-corrected chi connectivity index (χ2v) is 5.47. The van der Waals surface area contributed by atoms with Crippen LogP contribution in [0.4, 0.5) is 0 Å². The Labute approximate surface area is 116 Å². The molecule has 1 aliphatic carbocycles. The summed E-state index contributed by atoms with van der Waals surface area (Å²) in [5, 5.41) is 0. The first-order chi connectivity index (χ1) is 9.26. The van der Waals surface area contributed by atoms with Crippen LogP contribution in [0.25, 0.3) is 0 Å². The molecule has 2 nitrogen and oxygen atoms in total. The number of ether oxygens (including phenoxy) is 1. The smallest absolute Gasteiger partial charge is 0.191 e. The number of carbonyl (C=O) groups excluding carboxylic acids is 1. The third-order valence-electron chi connectivity index (χ3n) is 4.21. The van der Waals surface area contributed by atoms with Crippen LogP contribution in [-0.2, 0) is 11.2 Å². The summed E-state index contributed by atoms with van der Waals surface area (Å²) in [6.07, 6.45) is 6.70. The van der Waals surface area contributed by atoms with Gasteiger partial charge in [-0.2, -0.15) is 0 Å². The van der Waals surface area contributed by atoms with Crippen LogP contribution in [0.2, 0.25) is 0 Å². The SMILES string of the molecule is CCc1cccc(C(=O)C(OC)C2CCCCC2)c1. The Morgan fingerprint density at radius 3 is 2.68 bits per heavy atom. The molecular weight excluding hydrogens is 236 g/mol. The molecule has 1 atom stereocenters. The predicted molar refractivity (Wildman–Crippen MR) is 77.5 cm³/mol. The summed E-state index contributed by atoms with van der Waals surface area (Å²) in [5.74, 6) is 0.557. The second kappa shape index (κ2) is 6.85. The lowest BCUT2D eigenvalue weighted by atomic mass is 9.82. The van der Waals surface area contributed by atoms with Crippen molar-refractivity contribution in [2.24, 2.45) is 5.92 Å². The van der Waals surface area contributed by atoms with Crippen molar-refractivity contribution in [1.29, 1.82) is 0 Å². The highest BCUT2D eigenvalue weighted by Crippen LogP contribution is 2.29. The van der Waals surface area contributed by atoms with Gasteiger partial charge in [-0.15, -0.1) is 0 Å². The molecule has 1 aliphatic rings. The zero-order chi connectivity index (χ0) is 13.7. The lowest BCUT2D eigenvalue weighted by molar-refractivity contribution is 0.0314. The highest BCUT2D eigenvalue weighted by atomic mass is 16.5. The second-order valence-electron chi connectivity index (χ2n) is 5.47. The van der Waals surface area contributed by atoms with Crippen LogP contribution in [0.5, 0.6) is 0 Å². The van der Waals surface area contributed by atoms with Crippen LogP contribution in [0.15, 0.2) is 24.3 Å². The summed E-state index contributed by atoms with van der Waals surface area (Å²) in [5.41, 5.74) is 2.01. The van der Waals surface area contributed by atoms with Crippen LogP contribution in [0.3, 0.4) is 0 Å². The van der Waals surface area contributed by atoms with Gasteiger partial charge in [0, 0.05) is 12.7 Å². The van der Waals surface area contributed by atoms with Crippen molar-refractivity contribution in [3.05, 3.63) is 35.4 Å². The number of methoxy groups -OCH3 is 1. The Balaban J connectivity index is 2.14. The Hall–Kier alpha value is -1.15. The summed E-state index contributed by atoms with van der Waals surface area (Å²) >= 11 is 0. The Kier molecular flexibility index (Phi) is 5.15. The van der Waals surface area contributed by atoms with Crippen molar-refractivity contribution in [2.75, 3.05) is 7.11 Å². The molecule has 2 rings (SSSR count). The fourth-order valence-electron chi connectivity index (χ4n) is 3.06. The molecule has 104 valence electrons. The van der Waals surface area contributed by atoms with E-state index in [1.54, 1.807) is 7.11 Å². The van der Waals surface area contributed by atoms with Crippen molar-refractivity contribution in [3.8, 4) is 0 Å². The predicted octanol–water partition coefficient (Wildman–Crippen LogP) is 4.03. The summed E-state index contributed by atoms with van der Waals surface area (Å²) < 4.78 is 5.53. The van der Waals surface area contributed by atoms with Gasteiger partial charge in [-0.25, -0.2) is 0 Å². The van der Waals surface area contributed by atoms with Crippen LogP contribution >= 0.6 is 0 Å². The molecule has 19 heavy (non-hydrogen) atoms. The molecule has 0 aromatic heterocycles. The molecule has 1 fully saturated rings. The molecule has 0 spiro atoms. The molecule has 0 amide bonds. The van der Waals surface area contributed by atoms with E-state index in [1.807, 2.05) is 18.2 Å². The molecule has 1 aromatic carbocycles. The number of hydrogen-bond acceptors (Lipinski definition) is 2. The monoisotopic (exact) mass is 260 g/mol. The van der Waals surface area contributed by atoms with Gasteiger partial charge in [0.15, 0.2) is 5.78 Å². The Bertz CT molecular complexity index is 419. The summed E-state index contributed by atoms with van der Waals surface area (Å²) in [6, 6.07) is 7.96. The highest BCUT2D eigenvalue weighted by Gasteiger charge is 2.30. The van der Waals surface area contributed by atoms with Crippen molar-refractivity contribution >= 4 is 5.78 Å². The molecule has 0 bridgehead atoms. The summed E-state index contributed by atoms with van der Waals surface area (Å²) in [6.45, 7) is 2.11. The summed E-state index contributed by atoms with van der Waals surface area (Å²) in [7, 11) is 1.67. The number of hydrogen-bond donors (Lipinski definition) is 0. The van der Waals surface area contributed by atoms with Crippen LogP contribution in [-0.4, -0.2) is 19.0 Å². The van der Waals surface area contributed by atoms with E-state index in [0.29, 0.717) is 5.92 Å². The average molecular weight is 260 g/mol. The zero-order valence-electron chi connectivity index (χ0n) is 12.0. The first kappa shape index (κ1) is 14.3. The quantitative estimate of drug-likeness (QED) is 0.747. The van der Waals surface area contributed by atoms with Crippen molar-refractivity contribution in [1.82, 2.24) is 0 Å². The van der Waals surface area contributed by atoms with Crippen molar-refractivity contribution in [3.63, 3.8) is 0 Å². The number of benzene rings is 1. The van der Waals surface area contributed by atoms with Gasteiger partial charge in [0.1, 0.15) is 6.10 Å². The maximum Gasteiger partial charge on any atom is 0.191 e. The fraction of sp³-hybridized carbons (Fsp3) is 0.588. The third kappa shape index (κ3) is 3.44. The first-order valence-electron chi connectivity index (χ1n) is 7.42. The van der Waals surface area contributed by atoms with Crippen molar-refractivity contribution in [2.45, 2.75) is 51.6 Å². The minimum Gasteiger partial charge on any atom is -0.373 e. The van der Waals surface area contributed by atoms with Gasteiger partial charge < -0.3 is 4.74 Å².